The number of carbonyl (C=O) groups is 2. The molecule has 2 heterocycles. The smallest absolute Gasteiger partial charge is 0.252 e. The van der Waals surface area contributed by atoms with Crippen LogP contribution in [0.25, 0.3) is 11.2 Å². The fraction of sp³-hybridized carbons (Fsp3) is 0.222. The van der Waals surface area contributed by atoms with Crippen molar-refractivity contribution in [1.29, 1.82) is 0 Å². The SMILES string of the molecule is CN(Cc1cnc2nc(N)nc(N)c2n1)c1ccc(C(=O)NCCCCNC(=O)c2ccc(N)cc2/C(N)=N/NN)cc1. The number of fused-ring (bicyclic) bond motifs is 1. The van der Waals surface area contributed by atoms with Crippen LogP contribution in [0.4, 0.5) is 23.1 Å². The number of hydrogen-bond acceptors (Lipinski definition) is 13. The van der Waals surface area contributed by atoms with E-state index in [1.165, 1.54) is 0 Å². The van der Waals surface area contributed by atoms with E-state index >= 15 is 0 Å². The number of amides is 2. The fourth-order valence-corrected chi connectivity index (χ4v) is 4.21. The number of nitrogens with one attached hydrogen (secondary N) is 3. The number of nitrogen functional groups attached to an aromatic ring is 3. The maximum Gasteiger partial charge on any atom is 0.252 e. The predicted molar refractivity (Wildman–Crippen MR) is 165 cm³/mol. The molecule has 0 saturated heterocycles. The summed E-state index contributed by atoms with van der Waals surface area (Å²) in [5, 5.41) is 9.45. The molecule has 0 aliphatic rings. The van der Waals surface area contributed by atoms with Gasteiger partial charge in [-0.1, -0.05) is 0 Å². The molecule has 43 heavy (non-hydrogen) atoms. The maximum atomic E-state index is 12.7. The van der Waals surface area contributed by atoms with Crippen LogP contribution < -0.4 is 49.8 Å². The highest BCUT2D eigenvalue weighted by atomic mass is 16.2. The highest BCUT2D eigenvalue weighted by molar-refractivity contribution is 6.09. The Hall–Kier alpha value is -5.77. The van der Waals surface area contributed by atoms with E-state index in [1.54, 1.807) is 36.5 Å². The van der Waals surface area contributed by atoms with Crippen LogP contribution in [0.15, 0.2) is 53.8 Å². The molecule has 4 aromatic rings. The van der Waals surface area contributed by atoms with Crippen molar-refractivity contribution in [2.45, 2.75) is 19.4 Å². The van der Waals surface area contributed by atoms with Crippen molar-refractivity contribution in [3.05, 3.63) is 71.0 Å². The summed E-state index contributed by atoms with van der Waals surface area (Å²) in [7, 11) is 1.90. The third-order valence-corrected chi connectivity index (χ3v) is 6.39. The van der Waals surface area contributed by atoms with E-state index in [-0.39, 0.29) is 29.4 Å². The van der Waals surface area contributed by atoms with E-state index in [2.05, 4.69) is 41.2 Å². The predicted octanol–water partition coefficient (Wildman–Crippen LogP) is -0.174. The lowest BCUT2D eigenvalue weighted by atomic mass is 10.0. The van der Waals surface area contributed by atoms with Crippen LogP contribution in [0, 0.1) is 0 Å². The van der Waals surface area contributed by atoms with Gasteiger partial charge < -0.3 is 38.5 Å². The minimum absolute atomic E-state index is 0.0361. The Bertz CT molecular complexity index is 1640. The van der Waals surface area contributed by atoms with E-state index in [4.69, 9.17) is 28.8 Å². The van der Waals surface area contributed by atoms with E-state index in [1.807, 2.05) is 24.1 Å². The quantitative estimate of drug-likeness (QED) is 0.0268. The van der Waals surface area contributed by atoms with Gasteiger partial charge in [-0.05, 0) is 55.3 Å². The Morgan fingerprint density at radius 1 is 0.907 bits per heavy atom. The lowest BCUT2D eigenvalue weighted by Gasteiger charge is -2.19. The third kappa shape index (κ3) is 7.70. The molecular weight excluding hydrogens is 552 g/mol. The number of hydrazone groups is 1. The van der Waals surface area contributed by atoms with Crippen molar-refractivity contribution < 1.29 is 9.59 Å². The summed E-state index contributed by atoms with van der Waals surface area (Å²) >= 11 is 0. The van der Waals surface area contributed by atoms with Crippen molar-refractivity contribution in [3.63, 3.8) is 0 Å². The van der Waals surface area contributed by atoms with Gasteiger partial charge in [0.15, 0.2) is 22.8 Å². The van der Waals surface area contributed by atoms with Gasteiger partial charge in [0.2, 0.25) is 5.95 Å². The summed E-state index contributed by atoms with van der Waals surface area (Å²) in [6, 6.07) is 11.9. The number of hydrazine groups is 1. The molecule has 2 amide bonds. The van der Waals surface area contributed by atoms with Gasteiger partial charge in [0.1, 0.15) is 0 Å². The largest absolute Gasteiger partial charge is 0.399 e. The molecule has 0 saturated carbocycles. The average molecular weight is 587 g/mol. The first-order chi connectivity index (χ1) is 20.7. The van der Waals surface area contributed by atoms with Crippen LogP contribution in [0.3, 0.4) is 0 Å². The number of benzene rings is 2. The summed E-state index contributed by atoms with van der Waals surface area (Å²) in [5.74, 6) is 4.92. The number of aromatic nitrogens is 4. The number of amidine groups is 1. The minimum atomic E-state index is -0.324. The van der Waals surface area contributed by atoms with Gasteiger partial charge in [-0.3, -0.25) is 9.59 Å². The van der Waals surface area contributed by atoms with Crippen molar-refractivity contribution in [2.24, 2.45) is 16.7 Å². The number of rotatable bonds is 12. The highest BCUT2D eigenvalue weighted by Crippen LogP contribution is 2.19. The lowest BCUT2D eigenvalue weighted by molar-refractivity contribution is 0.0939. The molecule has 0 spiro atoms. The second-order valence-corrected chi connectivity index (χ2v) is 9.55. The van der Waals surface area contributed by atoms with Gasteiger partial charge in [-0.2, -0.15) is 9.97 Å². The van der Waals surface area contributed by atoms with Crippen molar-refractivity contribution >= 4 is 52.0 Å². The molecule has 0 atom stereocenters. The average Bonchev–Trinajstić information content (AvgIpc) is 2.99. The van der Waals surface area contributed by atoms with Crippen molar-refractivity contribution in [3.8, 4) is 0 Å². The maximum absolute atomic E-state index is 12.7. The first-order valence-electron chi connectivity index (χ1n) is 13.3. The number of nitrogens with zero attached hydrogens (tertiary/aromatic N) is 6. The standard InChI is InChI=1S/C27H34N14O2/c1-41(14-17-13-35-24-21(36-17)23(30)37-27(31)38-24)18-7-4-15(5-8-18)25(42)33-10-2-3-11-34-26(43)19-9-6-16(28)12-20(19)22(29)39-40-32/h4-9,12-13,40H,2-3,10-11,14,28,32H2,1H3,(H2,29,39)(H,33,42)(H,34,43)(H4,30,31,35,37,38). The summed E-state index contributed by atoms with van der Waals surface area (Å²) in [6.07, 6.45) is 2.92. The molecule has 2 aromatic carbocycles. The second-order valence-electron chi connectivity index (χ2n) is 9.55. The second kappa shape index (κ2) is 13.7. The molecule has 224 valence electrons. The van der Waals surface area contributed by atoms with Crippen LogP contribution in [-0.4, -0.2) is 57.7 Å². The zero-order valence-electron chi connectivity index (χ0n) is 23.5. The van der Waals surface area contributed by atoms with Gasteiger partial charge in [0, 0.05) is 42.6 Å². The number of anilines is 4. The van der Waals surface area contributed by atoms with Gasteiger partial charge in [0.25, 0.3) is 11.8 Å². The van der Waals surface area contributed by atoms with Gasteiger partial charge >= 0.3 is 0 Å². The van der Waals surface area contributed by atoms with Crippen molar-refractivity contribution in [1.82, 2.24) is 36.1 Å². The molecule has 16 heteroatoms. The monoisotopic (exact) mass is 586 g/mol. The van der Waals surface area contributed by atoms with Crippen LogP contribution in [0.2, 0.25) is 0 Å². The Labute approximate surface area is 247 Å². The third-order valence-electron chi connectivity index (χ3n) is 6.39. The van der Waals surface area contributed by atoms with Crippen molar-refractivity contribution in [2.75, 3.05) is 42.2 Å². The Morgan fingerprint density at radius 3 is 2.30 bits per heavy atom. The summed E-state index contributed by atoms with van der Waals surface area (Å²) < 4.78 is 0. The lowest BCUT2D eigenvalue weighted by Crippen LogP contribution is -2.30. The number of unbranched alkanes of at least 4 members (excludes halogenated alkanes) is 1. The molecule has 4 rings (SSSR count). The van der Waals surface area contributed by atoms with Gasteiger partial charge in [0.05, 0.1) is 24.0 Å². The topological polar surface area (TPSA) is 267 Å². The molecule has 0 fully saturated rings. The number of carbonyl (C=O) groups excluding carboxylic acids is 2. The molecule has 13 N–H and O–H groups in total. The van der Waals surface area contributed by atoms with Crippen LogP contribution in [0.1, 0.15) is 44.8 Å². The molecule has 0 unspecified atom stereocenters. The highest BCUT2D eigenvalue weighted by Gasteiger charge is 2.15. The van der Waals surface area contributed by atoms with E-state index in [9.17, 15) is 9.59 Å². The molecule has 0 radical (unpaired) electrons. The molecule has 16 nitrogen and oxygen atoms in total. The molecule has 0 aliphatic heterocycles. The zero-order valence-corrected chi connectivity index (χ0v) is 23.5. The Morgan fingerprint density at radius 2 is 1.60 bits per heavy atom. The molecule has 0 aliphatic carbocycles. The first kappa shape index (κ1) is 30.2. The van der Waals surface area contributed by atoms with E-state index in [0.717, 1.165) is 5.69 Å². The normalized spacial score (nSPS) is 11.3. The number of hydrogen-bond donors (Lipinski definition) is 8. The Balaban J connectivity index is 1.22. The Kier molecular flexibility index (Phi) is 9.64. The molecule has 0 bridgehead atoms. The fourth-order valence-electron chi connectivity index (χ4n) is 4.21. The summed E-state index contributed by atoms with van der Waals surface area (Å²) in [5.41, 5.74) is 29.2. The molecular formula is C27H34N14O2. The summed E-state index contributed by atoms with van der Waals surface area (Å²) in [6.45, 7) is 1.30. The molecule has 2 aromatic heterocycles. The first-order valence-corrected chi connectivity index (χ1v) is 13.3. The number of nitrogens with two attached hydrogens (primary N) is 5. The summed E-state index contributed by atoms with van der Waals surface area (Å²) in [4.78, 5) is 44.0. The van der Waals surface area contributed by atoms with E-state index in [0.29, 0.717) is 71.7 Å². The van der Waals surface area contributed by atoms with Gasteiger partial charge in [-0.15, -0.1) is 5.10 Å². The van der Waals surface area contributed by atoms with Crippen LogP contribution in [0.5, 0.6) is 0 Å². The van der Waals surface area contributed by atoms with Crippen LogP contribution >= 0.6 is 0 Å². The van der Waals surface area contributed by atoms with Gasteiger partial charge in [-0.25, -0.2) is 21.3 Å². The van der Waals surface area contributed by atoms with Crippen LogP contribution in [-0.2, 0) is 6.54 Å². The minimum Gasteiger partial charge on any atom is -0.399 e. The van der Waals surface area contributed by atoms with E-state index < -0.39 is 0 Å². The zero-order chi connectivity index (χ0) is 30.9.